The second-order valence-electron chi connectivity index (χ2n) is 5.78. The number of fused-ring (bicyclic) bond motifs is 1. The average molecular weight is 402 g/mol. The second kappa shape index (κ2) is 7.80. The van der Waals surface area contributed by atoms with Crippen LogP contribution in [0.5, 0.6) is 0 Å². The van der Waals surface area contributed by atoms with Crippen molar-refractivity contribution in [2.24, 2.45) is 0 Å². The van der Waals surface area contributed by atoms with Gasteiger partial charge >= 0.3 is 0 Å². The van der Waals surface area contributed by atoms with E-state index in [4.69, 9.17) is 4.74 Å². The van der Waals surface area contributed by atoms with Gasteiger partial charge in [-0.1, -0.05) is 15.9 Å². The predicted molar refractivity (Wildman–Crippen MR) is 102 cm³/mol. The van der Waals surface area contributed by atoms with Crippen LogP contribution in [-0.2, 0) is 4.74 Å². The van der Waals surface area contributed by atoms with Gasteiger partial charge in [0.2, 0.25) is 0 Å². The second-order valence-corrected chi connectivity index (χ2v) is 6.69. The number of carbonyl (C=O) groups is 1. The van der Waals surface area contributed by atoms with E-state index in [9.17, 15) is 4.79 Å². The molecule has 1 amide bonds. The molecule has 2 aromatic carbocycles. The Morgan fingerprint density at radius 2 is 2.00 bits per heavy atom. The molecule has 3 rings (SSSR count). The molecule has 0 aliphatic carbocycles. The van der Waals surface area contributed by atoms with Crippen LogP contribution in [0.4, 0.5) is 0 Å². The Morgan fingerprint density at radius 3 is 2.72 bits per heavy atom. The number of imidazole rings is 1. The number of hydrogen-bond acceptors (Lipinski definition) is 3. The molecule has 0 radical (unpaired) electrons. The molecule has 0 fully saturated rings. The largest absolute Gasteiger partial charge is 0.385 e. The molecule has 0 aliphatic rings. The van der Waals surface area contributed by atoms with Crippen LogP contribution in [0, 0.1) is 6.92 Å². The van der Waals surface area contributed by atoms with Crippen LogP contribution in [-0.4, -0.2) is 35.7 Å². The van der Waals surface area contributed by atoms with Gasteiger partial charge in [0.05, 0.1) is 11.0 Å². The van der Waals surface area contributed by atoms with Crippen LogP contribution in [0.2, 0.25) is 0 Å². The highest BCUT2D eigenvalue weighted by Crippen LogP contribution is 2.23. The summed E-state index contributed by atoms with van der Waals surface area (Å²) in [4.78, 5) is 16.9. The van der Waals surface area contributed by atoms with Crippen molar-refractivity contribution in [3.05, 3.63) is 58.3 Å². The van der Waals surface area contributed by atoms with Crippen molar-refractivity contribution in [1.82, 2.24) is 14.9 Å². The molecule has 6 heteroatoms. The minimum absolute atomic E-state index is 0.0890. The summed E-state index contributed by atoms with van der Waals surface area (Å²) >= 11 is 3.46. The van der Waals surface area contributed by atoms with E-state index in [-0.39, 0.29) is 5.91 Å². The van der Waals surface area contributed by atoms with Crippen molar-refractivity contribution < 1.29 is 9.53 Å². The van der Waals surface area contributed by atoms with Gasteiger partial charge in [-0.25, -0.2) is 4.98 Å². The number of benzene rings is 2. The summed E-state index contributed by atoms with van der Waals surface area (Å²) in [7, 11) is 1.65. The number of methoxy groups -OCH3 is 1. The van der Waals surface area contributed by atoms with Crippen molar-refractivity contribution >= 4 is 32.9 Å². The topological polar surface area (TPSA) is 56.1 Å². The molecule has 0 spiro atoms. The van der Waals surface area contributed by atoms with E-state index in [0.29, 0.717) is 18.7 Å². The van der Waals surface area contributed by atoms with Crippen LogP contribution in [0.1, 0.15) is 22.6 Å². The number of nitrogens with one attached hydrogen (secondary N) is 1. The lowest BCUT2D eigenvalue weighted by molar-refractivity contribution is 0.0948. The lowest BCUT2D eigenvalue weighted by Crippen LogP contribution is -2.25. The Labute approximate surface area is 155 Å². The van der Waals surface area contributed by atoms with Crippen LogP contribution in [0.15, 0.2) is 46.9 Å². The van der Waals surface area contributed by atoms with Gasteiger partial charge in [-0.05, 0) is 55.8 Å². The smallest absolute Gasteiger partial charge is 0.251 e. The third kappa shape index (κ3) is 3.91. The van der Waals surface area contributed by atoms with Gasteiger partial charge in [0.15, 0.2) is 0 Å². The third-order valence-corrected chi connectivity index (χ3v) is 4.51. The fourth-order valence-corrected chi connectivity index (χ4v) is 3.04. The van der Waals surface area contributed by atoms with Crippen molar-refractivity contribution in [3.8, 4) is 5.69 Å². The van der Waals surface area contributed by atoms with Crippen molar-refractivity contribution in [2.45, 2.75) is 13.3 Å². The molecule has 25 heavy (non-hydrogen) atoms. The number of nitrogens with zero attached hydrogens (tertiary/aromatic N) is 2. The fraction of sp³-hybridized carbons (Fsp3) is 0.263. The van der Waals surface area contributed by atoms with E-state index in [1.54, 1.807) is 7.11 Å². The Hall–Kier alpha value is -2.18. The minimum Gasteiger partial charge on any atom is -0.385 e. The summed E-state index contributed by atoms with van der Waals surface area (Å²) in [6.07, 6.45) is 0.793. The van der Waals surface area contributed by atoms with Crippen molar-refractivity contribution in [1.29, 1.82) is 0 Å². The Morgan fingerprint density at radius 1 is 1.24 bits per heavy atom. The lowest BCUT2D eigenvalue weighted by atomic mass is 10.2. The first-order chi connectivity index (χ1) is 12.1. The van der Waals surface area contributed by atoms with Gasteiger partial charge < -0.3 is 10.1 Å². The van der Waals surface area contributed by atoms with Crippen LogP contribution in [0.25, 0.3) is 16.7 Å². The molecule has 3 aromatic rings. The first-order valence-corrected chi connectivity index (χ1v) is 8.91. The maximum atomic E-state index is 12.3. The highest BCUT2D eigenvalue weighted by atomic mass is 79.9. The molecule has 1 aromatic heterocycles. The number of aromatic nitrogens is 2. The quantitative estimate of drug-likeness (QED) is 0.637. The monoisotopic (exact) mass is 401 g/mol. The first kappa shape index (κ1) is 17.6. The number of aryl methyl sites for hydroxylation is 1. The molecule has 1 heterocycles. The number of carbonyl (C=O) groups excluding carboxylic acids is 1. The van der Waals surface area contributed by atoms with E-state index in [2.05, 4.69) is 30.8 Å². The number of ether oxygens (including phenoxy) is 1. The zero-order valence-electron chi connectivity index (χ0n) is 14.3. The number of halogens is 1. The molecule has 130 valence electrons. The van der Waals surface area contributed by atoms with E-state index in [0.717, 1.165) is 33.4 Å². The minimum atomic E-state index is -0.0890. The molecule has 0 bridgehead atoms. The summed E-state index contributed by atoms with van der Waals surface area (Å²) in [6, 6.07) is 13.7. The maximum Gasteiger partial charge on any atom is 0.251 e. The van der Waals surface area contributed by atoms with Gasteiger partial charge in [-0.2, -0.15) is 0 Å². The van der Waals surface area contributed by atoms with E-state index >= 15 is 0 Å². The summed E-state index contributed by atoms with van der Waals surface area (Å²) in [5.74, 6) is 0.795. The molecule has 5 nitrogen and oxygen atoms in total. The zero-order valence-corrected chi connectivity index (χ0v) is 15.8. The van der Waals surface area contributed by atoms with Gasteiger partial charge in [-0.15, -0.1) is 0 Å². The lowest BCUT2D eigenvalue weighted by Gasteiger charge is -2.08. The van der Waals surface area contributed by atoms with E-state index < -0.39 is 0 Å². The molecule has 0 saturated heterocycles. The van der Waals surface area contributed by atoms with E-state index in [1.165, 1.54) is 0 Å². The molecule has 0 aliphatic heterocycles. The maximum absolute atomic E-state index is 12.3. The fourth-order valence-electron chi connectivity index (χ4n) is 2.78. The van der Waals surface area contributed by atoms with Crippen molar-refractivity contribution in [3.63, 3.8) is 0 Å². The van der Waals surface area contributed by atoms with Gasteiger partial charge in [-0.3, -0.25) is 9.36 Å². The molecule has 1 N–H and O–H groups in total. The number of rotatable bonds is 6. The summed E-state index contributed by atoms with van der Waals surface area (Å²) in [6.45, 7) is 3.19. The summed E-state index contributed by atoms with van der Waals surface area (Å²) in [5.41, 5.74) is 3.45. The third-order valence-electron chi connectivity index (χ3n) is 3.98. The van der Waals surface area contributed by atoms with Gasteiger partial charge in [0, 0.05) is 36.0 Å². The average Bonchev–Trinajstić information content (AvgIpc) is 2.94. The summed E-state index contributed by atoms with van der Waals surface area (Å²) in [5, 5.41) is 2.90. The first-order valence-electron chi connectivity index (χ1n) is 8.12. The Balaban J connectivity index is 1.87. The molecular formula is C19H20BrN3O2. The predicted octanol–water partition coefficient (Wildman–Crippen LogP) is 3.86. The molecule has 0 atom stereocenters. The highest BCUT2D eigenvalue weighted by molar-refractivity contribution is 9.10. The highest BCUT2D eigenvalue weighted by Gasteiger charge is 2.12. The normalized spacial score (nSPS) is 11.0. The van der Waals surface area contributed by atoms with Crippen molar-refractivity contribution in [2.75, 3.05) is 20.3 Å². The van der Waals surface area contributed by atoms with Crippen LogP contribution >= 0.6 is 15.9 Å². The molecule has 0 saturated carbocycles. The van der Waals surface area contributed by atoms with Crippen LogP contribution in [0.3, 0.4) is 0 Å². The standard InChI is InChI=1S/C19H20BrN3O2/c1-13-22-17-12-14(19(24)21-10-3-11-25-2)4-9-18(17)23(13)16-7-5-15(20)6-8-16/h4-9,12H,3,10-11H2,1-2H3,(H,21,24). The molecule has 0 unspecified atom stereocenters. The zero-order chi connectivity index (χ0) is 17.8. The number of hydrogen-bond donors (Lipinski definition) is 1. The summed E-state index contributed by atoms with van der Waals surface area (Å²) < 4.78 is 8.10. The van der Waals surface area contributed by atoms with Gasteiger partial charge in [0.25, 0.3) is 5.91 Å². The van der Waals surface area contributed by atoms with E-state index in [1.807, 2.05) is 49.4 Å². The van der Waals surface area contributed by atoms with Gasteiger partial charge in [0.1, 0.15) is 5.82 Å². The molecular weight excluding hydrogens is 382 g/mol. The van der Waals surface area contributed by atoms with Crippen LogP contribution < -0.4 is 5.32 Å². The SMILES string of the molecule is COCCCNC(=O)c1ccc2c(c1)nc(C)n2-c1ccc(Br)cc1. The number of amides is 1. The Kier molecular flexibility index (Phi) is 5.50. The Bertz CT molecular complexity index is 888.